The monoisotopic (exact) mass is 478 g/mol. The van der Waals surface area contributed by atoms with E-state index < -0.39 is 11.7 Å². The van der Waals surface area contributed by atoms with Crippen LogP contribution in [0.2, 0.25) is 5.02 Å². The summed E-state index contributed by atoms with van der Waals surface area (Å²) in [4.78, 5) is 5.98. The van der Waals surface area contributed by atoms with Crippen LogP contribution >= 0.6 is 11.6 Å². The van der Waals surface area contributed by atoms with Crippen molar-refractivity contribution in [3.8, 4) is 17.1 Å². The summed E-state index contributed by atoms with van der Waals surface area (Å²) in [6.45, 7) is 3.44. The van der Waals surface area contributed by atoms with E-state index in [0.717, 1.165) is 49.2 Å². The summed E-state index contributed by atoms with van der Waals surface area (Å²) in [6, 6.07) is 10.4. The summed E-state index contributed by atoms with van der Waals surface area (Å²) in [7, 11) is 1.84. The molecule has 0 saturated carbocycles. The van der Waals surface area contributed by atoms with Crippen LogP contribution in [0.5, 0.6) is 5.88 Å². The maximum atomic E-state index is 12.8. The lowest BCUT2D eigenvalue weighted by atomic mass is 10.0. The lowest BCUT2D eigenvalue weighted by Crippen LogP contribution is -2.39. The van der Waals surface area contributed by atoms with Crippen molar-refractivity contribution in [3.05, 3.63) is 58.7 Å². The molecule has 0 spiro atoms. The largest absolute Gasteiger partial charge is 0.474 e. The van der Waals surface area contributed by atoms with Crippen molar-refractivity contribution in [2.45, 2.75) is 44.9 Å². The molecule has 2 aromatic heterocycles. The second-order valence-electron chi connectivity index (χ2n) is 8.30. The number of alkyl halides is 3. The fraction of sp³-hybridized carbons (Fsp3) is 0.417. The van der Waals surface area contributed by atoms with Gasteiger partial charge >= 0.3 is 6.18 Å². The summed E-state index contributed by atoms with van der Waals surface area (Å²) in [5.74, 6) is 1.22. The molecule has 33 heavy (non-hydrogen) atoms. The number of ether oxygens (including phenoxy) is 1. The van der Waals surface area contributed by atoms with Gasteiger partial charge in [-0.2, -0.15) is 18.3 Å². The van der Waals surface area contributed by atoms with Crippen molar-refractivity contribution in [2.75, 3.05) is 18.0 Å². The van der Waals surface area contributed by atoms with E-state index in [4.69, 9.17) is 16.3 Å². The van der Waals surface area contributed by atoms with Gasteiger partial charge in [-0.1, -0.05) is 24.9 Å². The molecule has 3 heterocycles. The lowest BCUT2D eigenvalue weighted by Gasteiger charge is -2.32. The number of nitrogens with zero attached hydrogens (tertiary/aromatic N) is 4. The number of aryl methyl sites for hydroxylation is 2. The van der Waals surface area contributed by atoms with Gasteiger partial charge in [-0.3, -0.25) is 0 Å². The van der Waals surface area contributed by atoms with E-state index >= 15 is 0 Å². The minimum Gasteiger partial charge on any atom is -0.474 e. The highest BCUT2D eigenvalue weighted by molar-refractivity contribution is 6.30. The molecule has 0 amide bonds. The molecule has 0 aliphatic carbocycles. The van der Waals surface area contributed by atoms with Crippen molar-refractivity contribution in [1.82, 2.24) is 14.8 Å². The van der Waals surface area contributed by atoms with Gasteiger partial charge in [-0.05, 0) is 42.3 Å². The van der Waals surface area contributed by atoms with Gasteiger partial charge in [0.25, 0.3) is 0 Å². The molecule has 9 heteroatoms. The van der Waals surface area contributed by atoms with E-state index in [1.807, 2.05) is 30.1 Å². The molecule has 1 saturated heterocycles. The zero-order valence-corrected chi connectivity index (χ0v) is 19.3. The number of benzene rings is 1. The first-order valence-corrected chi connectivity index (χ1v) is 11.4. The summed E-state index contributed by atoms with van der Waals surface area (Å²) in [5.41, 5.74) is 2.20. The molecule has 0 N–H and O–H groups in total. The van der Waals surface area contributed by atoms with Gasteiger partial charge in [0.15, 0.2) is 0 Å². The van der Waals surface area contributed by atoms with Gasteiger partial charge in [0.1, 0.15) is 11.9 Å². The number of piperidine rings is 1. The number of pyridine rings is 1. The zero-order valence-electron chi connectivity index (χ0n) is 18.6. The van der Waals surface area contributed by atoms with Crippen LogP contribution in [0.4, 0.5) is 19.0 Å². The van der Waals surface area contributed by atoms with Crippen molar-refractivity contribution in [2.24, 2.45) is 7.05 Å². The van der Waals surface area contributed by atoms with Gasteiger partial charge in [0.2, 0.25) is 5.88 Å². The molecule has 1 fully saturated rings. The Labute approximate surface area is 196 Å². The first-order valence-electron chi connectivity index (χ1n) is 11.0. The van der Waals surface area contributed by atoms with Crippen LogP contribution in [0.3, 0.4) is 0 Å². The molecule has 0 unspecified atom stereocenters. The molecule has 1 aromatic carbocycles. The third-order valence-electron chi connectivity index (χ3n) is 5.76. The smallest absolute Gasteiger partial charge is 0.417 e. The quantitative estimate of drug-likeness (QED) is 0.426. The maximum absolute atomic E-state index is 12.8. The van der Waals surface area contributed by atoms with Gasteiger partial charge in [0.05, 0.1) is 11.3 Å². The molecule has 0 atom stereocenters. The van der Waals surface area contributed by atoms with E-state index in [0.29, 0.717) is 29.8 Å². The van der Waals surface area contributed by atoms with E-state index in [1.54, 1.807) is 4.68 Å². The minimum atomic E-state index is -4.38. The highest BCUT2D eigenvalue weighted by Crippen LogP contribution is 2.31. The van der Waals surface area contributed by atoms with E-state index in [1.165, 1.54) is 11.6 Å². The molecule has 0 bridgehead atoms. The van der Waals surface area contributed by atoms with Crippen LogP contribution < -0.4 is 9.64 Å². The predicted octanol–water partition coefficient (Wildman–Crippen LogP) is 6.15. The molecule has 3 aromatic rings. The Bertz CT molecular complexity index is 1090. The summed E-state index contributed by atoms with van der Waals surface area (Å²) in [5, 5.41) is 5.29. The number of aromatic nitrogens is 3. The lowest BCUT2D eigenvalue weighted by molar-refractivity contribution is -0.137. The van der Waals surface area contributed by atoms with Crippen LogP contribution in [0.15, 0.2) is 42.6 Å². The van der Waals surface area contributed by atoms with E-state index in [9.17, 15) is 13.2 Å². The van der Waals surface area contributed by atoms with Gasteiger partial charge < -0.3 is 9.64 Å². The predicted molar refractivity (Wildman–Crippen MR) is 123 cm³/mol. The third kappa shape index (κ3) is 5.61. The number of hydrogen-bond donors (Lipinski definition) is 0. The van der Waals surface area contributed by atoms with Crippen LogP contribution in [-0.2, 0) is 19.6 Å². The zero-order chi connectivity index (χ0) is 23.6. The average molecular weight is 479 g/mol. The fourth-order valence-electron chi connectivity index (χ4n) is 4.05. The molecule has 5 nitrogen and oxygen atoms in total. The van der Waals surface area contributed by atoms with Crippen molar-refractivity contribution < 1.29 is 17.9 Å². The summed E-state index contributed by atoms with van der Waals surface area (Å²) in [6.07, 6.45) is -0.0303. The first kappa shape index (κ1) is 23.4. The molecule has 1 aliphatic heterocycles. The molecule has 0 radical (unpaired) electrons. The molecular weight excluding hydrogens is 453 g/mol. The standard InChI is InChI=1S/C24H26ClF3N4O/c1-3-4-16-11-17(13-19(25)12-16)21-14-23(31(2)30-21)33-20-7-9-32(10-8-20)22-6-5-18(15-29-22)24(26,27)28/h5-6,11-15,20H,3-4,7-10H2,1-2H3. The van der Waals surface area contributed by atoms with Crippen LogP contribution in [0, 0.1) is 0 Å². The molecule has 4 rings (SSSR count). The first-order chi connectivity index (χ1) is 15.7. The SMILES string of the molecule is CCCc1cc(Cl)cc(-c2cc(OC3CCN(c4ccc(C(F)(F)F)cn4)CC3)n(C)n2)c1. The Balaban J connectivity index is 1.39. The average Bonchev–Trinajstić information content (AvgIpc) is 3.14. The van der Waals surface area contributed by atoms with Crippen LogP contribution in [0.1, 0.15) is 37.3 Å². The summed E-state index contributed by atoms with van der Waals surface area (Å²) >= 11 is 6.30. The summed E-state index contributed by atoms with van der Waals surface area (Å²) < 4.78 is 46.2. The van der Waals surface area contributed by atoms with Crippen molar-refractivity contribution in [3.63, 3.8) is 0 Å². The van der Waals surface area contributed by atoms with Crippen LogP contribution in [-0.4, -0.2) is 34.0 Å². The molecule has 1 aliphatic rings. The Morgan fingerprint density at radius 3 is 2.52 bits per heavy atom. The molecule has 176 valence electrons. The second kappa shape index (κ2) is 9.63. The van der Waals surface area contributed by atoms with Gasteiger partial charge in [0, 0.05) is 55.8 Å². The van der Waals surface area contributed by atoms with Crippen LogP contribution in [0.25, 0.3) is 11.3 Å². The highest BCUT2D eigenvalue weighted by Gasteiger charge is 2.31. The van der Waals surface area contributed by atoms with Gasteiger partial charge in [-0.25, -0.2) is 9.67 Å². The topological polar surface area (TPSA) is 43.2 Å². The van der Waals surface area contributed by atoms with Gasteiger partial charge in [-0.15, -0.1) is 0 Å². The maximum Gasteiger partial charge on any atom is 0.417 e. The Hall–Kier alpha value is -2.74. The fourth-order valence-corrected chi connectivity index (χ4v) is 4.30. The number of rotatable bonds is 6. The Kier molecular flexibility index (Phi) is 6.83. The number of halogens is 4. The normalized spacial score (nSPS) is 15.2. The number of anilines is 1. The van der Waals surface area contributed by atoms with Crippen molar-refractivity contribution in [1.29, 1.82) is 0 Å². The molecular formula is C24H26ClF3N4O. The second-order valence-corrected chi connectivity index (χ2v) is 8.73. The Morgan fingerprint density at radius 1 is 1.12 bits per heavy atom. The van der Waals surface area contributed by atoms with Crippen molar-refractivity contribution >= 4 is 17.4 Å². The van der Waals surface area contributed by atoms with E-state index in [-0.39, 0.29) is 6.10 Å². The third-order valence-corrected chi connectivity index (χ3v) is 5.98. The number of hydrogen-bond acceptors (Lipinski definition) is 4. The highest BCUT2D eigenvalue weighted by atomic mass is 35.5. The Morgan fingerprint density at radius 2 is 1.88 bits per heavy atom. The van der Waals surface area contributed by atoms with E-state index in [2.05, 4.69) is 23.1 Å². The minimum absolute atomic E-state index is 0.00559.